The van der Waals surface area contributed by atoms with E-state index in [0.29, 0.717) is 0 Å². The molecule has 112 valence electrons. The number of esters is 1. The number of aromatic hydroxyl groups is 1. The maximum absolute atomic E-state index is 12.2. The third-order valence-corrected chi connectivity index (χ3v) is 3.84. The van der Waals surface area contributed by atoms with Gasteiger partial charge in [0.05, 0.1) is 12.8 Å². The first-order valence-electron chi connectivity index (χ1n) is 5.96. The molecule has 0 atom stereocenters. The smallest absolute Gasteiger partial charge is 0.342 e. The molecule has 0 amide bonds. The SMILES string of the molecule is CCOC(=O)c1cn[nH]c1S(=O)(=O)Nc1ccc(O)cc1. The van der Waals surface area contributed by atoms with Crippen molar-refractivity contribution in [3.8, 4) is 5.75 Å². The molecule has 1 aromatic carbocycles. The number of hydrogen-bond acceptors (Lipinski definition) is 6. The van der Waals surface area contributed by atoms with Gasteiger partial charge in [0.2, 0.25) is 0 Å². The van der Waals surface area contributed by atoms with Crippen molar-refractivity contribution in [2.45, 2.75) is 11.9 Å². The van der Waals surface area contributed by atoms with E-state index in [0.717, 1.165) is 6.20 Å². The number of benzene rings is 1. The first kappa shape index (κ1) is 14.9. The molecule has 9 heteroatoms. The van der Waals surface area contributed by atoms with Crippen LogP contribution in [0.4, 0.5) is 5.69 Å². The number of H-pyrrole nitrogens is 1. The largest absolute Gasteiger partial charge is 0.508 e. The summed E-state index contributed by atoms with van der Waals surface area (Å²) < 4.78 is 31.5. The molecule has 0 aliphatic heterocycles. The highest BCUT2D eigenvalue weighted by molar-refractivity contribution is 7.92. The van der Waals surface area contributed by atoms with E-state index in [4.69, 9.17) is 9.84 Å². The van der Waals surface area contributed by atoms with E-state index in [1.807, 2.05) is 0 Å². The van der Waals surface area contributed by atoms with Gasteiger partial charge in [0.15, 0.2) is 5.03 Å². The summed E-state index contributed by atoms with van der Waals surface area (Å²) in [7, 11) is -4.03. The van der Waals surface area contributed by atoms with E-state index < -0.39 is 16.0 Å². The predicted molar refractivity (Wildman–Crippen MR) is 73.5 cm³/mol. The number of phenolic OH excluding ortho intramolecular Hbond substituents is 1. The highest BCUT2D eigenvalue weighted by Gasteiger charge is 2.25. The van der Waals surface area contributed by atoms with E-state index in [2.05, 4.69) is 14.9 Å². The molecule has 2 rings (SSSR count). The van der Waals surface area contributed by atoms with Gasteiger partial charge in [-0.3, -0.25) is 9.82 Å². The first-order chi connectivity index (χ1) is 9.94. The second-order valence-corrected chi connectivity index (χ2v) is 5.60. The summed E-state index contributed by atoms with van der Waals surface area (Å²) in [6.07, 6.45) is 1.09. The van der Waals surface area contributed by atoms with Gasteiger partial charge < -0.3 is 9.84 Å². The zero-order valence-electron chi connectivity index (χ0n) is 11.0. The van der Waals surface area contributed by atoms with Crippen molar-refractivity contribution in [2.75, 3.05) is 11.3 Å². The molecule has 0 saturated carbocycles. The molecular weight excluding hydrogens is 298 g/mol. The Morgan fingerprint density at radius 2 is 2.05 bits per heavy atom. The lowest BCUT2D eigenvalue weighted by Crippen LogP contribution is -2.17. The van der Waals surface area contributed by atoms with E-state index >= 15 is 0 Å². The van der Waals surface area contributed by atoms with Crippen LogP contribution in [0.5, 0.6) is 5.75 Å². The summed E-state index contributed by atoms with van der Waals surface area (Å²) in [5, 5.41) is 14.6. The number of rotatable bonds is 5. The minimum Gasteiger partial charge on any atom is -0.508 e. The van der Waals surface area contributed by atoms with E-state index in [1.54, 1.807) is 6.92 Å². The average Bonchev–Trinajstić information content (AvgIpc) is 2.92. The van der Waals surface area contributed by atoms with Crippen molar-refractivity contribution in [1.29, 1.82) is 0 Å². The van der Waals surface area contributed by atoms with Crippen LogP contribution in [0, 0.1) is 0 Å². The van der Waals surface area contributed by atoms with Crippen molar-refractivity contribution in [3.05, 3.63) is 36.0 Å². The molecule has 1 aromatic heterocycles. The Bertz CT molecular complexity index is 737. The Morgan fingerprint density at radius 1 is 1.38 bits per heavy atom. The second kappa shape index (κ2) is 5.83. The number of hydrogen-bond donors (Lipinski definition) is 3. The minimum atomic E-state index is -4.03. The third-order valence-electron chi connectivity index (χ3n) is 2.49. The van der Waals surface area contributed by atoms with E-state index in [9.17, 15) is 13.2 Å². The van der Waals surface area contributed by atoms with Crippen molar-refractivity contribution >= 4 is 21.7 Å². The van der Waals surface area contributed by atoms with E-state index in [1.165, 1.54) is 24.3 Å². The van der Waals surface area contributed by atoms with Gasteiger partial charge in [0.1, 0.15) is 11.3 Å². The summed E-state index contributed by atoms with van der Waals surface area (Å²) in [6.45, 7) is 1.73. The minimum absolute atomic E-state index is 0.00620. The van der Waals surface area contributed by atoms with Crippen LogP contribution in [0.15, 0.2) is 35.5 Å². The number of aromatic nitrogens is 2. The Hall–Kier alpha value is -2.55. The predicted octanol–water partition coefficient (Wildman–Crippen LogP) is 1.09. The third kappa shape index (κ3) is 3.31. The number of ether oxygens (including phenoxy) is 1. The van der Waals surface area contributed by atoms with E-state index in [-0.39, 0.29) is 28.6 Å². The van der Waals surface area contributed by atoms with Gasteiger partial charge in [-0.25, -0.2) is 4.79 Å². The molecule has 0 aliphatic rings. The molecule has 0 bridgehead atoms. The molecule has 0 unspecified atom stereocenters. The Labute approximate surface area is 120 Å². The molecule has 0 radical (unpaired) electrons. The molecule has 0 fully saturated rings. The van der Waals surface area contributed by atoms with Gasteiger partial charge in [0.25, 0.3) is 10.0 Å². The lowest BCUT2D eigenvalue weighted by molar-refractivity contribution is 0.0522. The summed E-state index contributed by atoms with van der Waals surface area (Å²) in [6, 6.07) is 5.43. The monoisotopic (exact) mass is 311 g/mol. The van der Waals surface area contributed by atoms with Crippen molar-refractivity contribution in [1.82, 2.24) is 10.2 Å². The van der Waals surface area contributed by atoms with Gasteiger partial charge in [-0.1, -0.05) is 0 Å². The van der Waals surface area contributed by atoms with Crippen LogP contribution >= 0.6 is 0 Å². The lowest BCUT2D eigenvalue weighted by atomic mass is 10.3. The molecule has 8 nitrogen and oxygen atoms in total. The molecule has 3 N–H and O–H groups in total. The summed E-state index contributed by atoms with van der Waals surface area (Å²) in [4.78, 5) is 11.7. The number of phenols is 1. The van der Waals surface area contributed by atoms with Crippen molar-refractivity contribution in [3.63, 3.8) is 0 Å². The molecule has 0 aliphatic carbocycles. The standard InChI is InChI=1S/C12H13N3O5S/c1-2-20-12(17)10-7-13-14-11(10)21(18,19)15-8-3-5-9(16)6-4-8/h3-7,15-16H,2H2,1H3,(H,13,14). The fourth-order valence-electron chi connectivity index (χ4n) is 1.57. The van der Waals surface area contributed by atoms with Crippen molar-refractivity contribution in [2.24, 2.45) is 0 Å². The Balaban J connectivity index is 2.30. The van der Waals surface area contributed by atoms with Crippen LogP contribution < -0.4 is 4.72 Å². The molecular formula is C12H13N3O5S. The zero-order chi connectivity index (χ0) is 15.5. The van der Waals surface area contributed by atoms with Crippen LogP contribution in [0.1, 0.15) is 17.3 Å². The zero-order valence-corrected chi connectivity index (χ0v) is 11.8. The number of carbonyl (C=O) groups excluding carboxylic acids is 1. The number of nitrogens with zero attached hydrogens (tertiary/aromatic N) is 1. The normalized spacial score (nSPS) is 11.1. The lowest BCUT2D eigenvalue weighted by Gasteiger charge is -2.08. The quantitative estimate of drug-likeness (QED) is 0.561. The molecule has 0 spiro atoms. The van der Waals surface area contributed by atoms with Gasteiger partial charge >= 0.3 is 5.97 Å². The van der Waals surface area contributed by atoms with Gasteiger partial charge in [0, 0.05) is 5.69 Å². The van der Waals surface area contributed by atoms with Crippen molar-refractivity contribution < 1.29 is 23.1 Å². The van der Waals surface area contributed by atoms with Gasteiger partial charge in [-0.15, -0.1) is 0 Å². The molecule has 21 heavy (non-hydrogen) atoms. The number of aromatic amines is 1. The average molecular weight is 311 g/mol. The second-order valence-electron chi connectivity index (χ2n) is 3.99. The van der Waals surface area contributed by atoms with Crippen LogP contribution in [0.25, 0.3) is 0 Å². The summed E-state index contributed by atoms with van der Waals surface area (Å²) in [5.41, 5.74) is 0.0559. The number of nitrogens with one attached hydrogen (secondary N) is 2. The fourth-order valence-corrected chi connectivity index (χ4v) is 2.72. The Morgan fingerprint density at radius 3 is 2.67 bits per heavy atom. The summed E-state index contributed by atoms with van der Waals surface area (Å²) >= 11 is 0. The molecule has 0 saturated heterocycles. The van der Waals surface area contributed by atoms with Crippen LogP contribution in [-0.2, 0) is 14.8 Å². The highest BCUT2D eigenvalue weighted by Crippen LogP contribution is 2.20. The van der Waals surface area contributed by atoms with Crippen LogP contribution in [0.3, 0.4) is 0 Å². The number of anilines is 1. The summed E-state index contributed by atoms with van der Waals surface area (Å²) in [5.74, 6) is -0.774. The molecule has 2 aromatic rings. The first-order valence-corrected chi connectivity index (χ1v) is 7.44. The van der Waals surface area contributed by atoms with Crippen LogP contribution in [-0.4, -0.2) is 36.3 Å². The number of carbonyl (C=O) groups is 1. The molecule has 1 heterocycles. The van der Waals surface area contributed by atoms with Crippen LogP contribution in [0.2, 0.25) is 0 Å². The highest BCUT2D eigenvalue weighted by atomic mass is 32.2. The number of sulfonamides is 1. The Kier molecular flexibility index (Phi) is 4.13. The fraction of sp³-hybridized carbons (Fsp3) is 0.167. The maximum Gasteiger partial charge on any atom is 0.342 e. The van der Waals surface area contributed by atoms with Gasteiger partial charge in [-0.2, -0.15) is 13.5 Å². The van der Waals surface area contributed by atoms with Gasteiger partial charge in [-0.05, 0) is 31.2 Å². The topological polar surface area (TPSA) is 121 Å². The maximum atomic E-state index is 12.2.